The number of hydrogen-bond donors (Lipinski definition) is 3. The smallest absolute Gasteiger partial charge is 0.120 e. The maximum absolute atomic E-state index is 9.90. The summed E-state index contributed by atoms with van der Waals surface area (Å²) in [5, 5.41) is 9.90. The molecule has 0 unspecified atom stereocenters. The number of ether oxygens (including phenoxy) is 1. The molecule has 0 aliphatic rings. The molecular weight excluding hydrogens is 276 g/mol. The predicted molar refractivity (Wildman–Crippen MR) is 85.6 cm³/mol. The Morgan fingerprint density at radius 2 is 1.90 bits per heavy atom. The topological polar surface area (TPSA) is 81.5 Å². The molecule has 0 aliphatic carbocycles. The zero-order valence-electron chi connectivity index (χ0n) is 12.6. The van der Waals surface area contributed by atoms with Gasteiger partial charge in [-0.2, -0.15) is 0 Å². The van der Waals surface area contributed by atoms with Crippen molar-refractivity contribution in [3.05, 3.63) is 23.8 Å². The van der Waals surface area contributed by atoms with Crippen molar-refractivity contribution in [3.8, 4) is 11.5 Å². The monoisotopic (exact) mass is 302 g/mol. The molecule has 0 spiro atoms. The van der Waals surface area contributed by atoms with Gasteiger partial charge in [0.15, 0.2) is 0 Å². The van der Waals surface area contributed by atoms with E-state index in [0.29, 0.717) is 6.54 Å². The summed E-state index contributed by atoms with van der Waals surface area (Å²) >= 11 is 0. The zero-order valence-corrected chi connectivity index (χ0v) is 13.4. The van der Waals surface area contributed by atoms with Gasteiger partial charge in [-0.15, -0.1) is 12.4 Å². The van der Waals surface area contributed by atoms with Crippen molar-refractivity contribution in [2.24, 2.45) is 11.5 Å². The average molecular weight is 303 g/mol. The summed E-state index contributed by atoms with van der Waals surface area (Å²) in [4.78, 5) is 0. The molecular formula is C15H27ClN2O2. The first kappa shape index (κ1) is 19.0. The summed E-state index contributed by atoms with van der Waals surface area (Å²) in [6, 6.07) is 5.04. The second-order valence-corrected chi connectivity index (χ2v) is 5.83. The van der Waals surface area contributed by atoms with E-state index in [0.717, 1.165) is 30.6 Å². The van der Waals surface area contributed by atoms with E-state index in [2.05, 4.69) is 0 Å². The second kappa shape index (κ2) is 8.35. The Kier molecular flexibility index (Phi) is 7.94. The molecule has 4 nitrogen and oxygen atoms in total. The number of phenols is 1. The Morgan fingerprint density at radius 1 is 1.25 bits per heavy atom. The van der Waals surface area contributed by atoms with Crippen LogP contribution in [0.15, 0.2) is 18.2 Å². The van der Waals surface area contributed by atoms with Gasteiger partial charge >= 0.3 is 0 Å². The highest BCUT2D eigenvalue weighted by Gasteiger charge is 2.16. The number of unbranched alkanes of at least 4 members (excludes halogenated alkanes) is 1. The van der Waals surface area contributed by atoms with Crippen LogP contribution in [0.1, 0.15) is 51.6 Å². The minimum Gasteiger partial charge on any atom is -0.508 e. The lowest BCUT2D eigenvalue weighted by atomic mass is 10.0. The number of benzene rings is 1. The van der Waals surface area contributed by atoms with Gasteiger partial charge in [-0.1, -0.05) is 6.42 Å². The highest BCUT2D eigenvalue weighted by molar-refractivity contribution is 5.85. The lowest BCUT2D eigenvalue weighted by Crippen LogP contribution is -2.23. The second-order valence-electron chi connectivity index (χ2n) is 5.83. The fraction of sp³-hybridized carbons (Fsp3) is 0.600. The van der Waals surface area contributed by atoms with Gasteiger partial charge in [0.25, 0.3) is 0 Å². The van der Waals surface area contributed by atoms with Crippen LogP contribution in [0.4, 0.5) is 0 Å². The average Bonchev–Trinajstić information content (AvgIpc) is 2.30. The first-order chi connectivity index (χ1) is 8.83. The van der Waals surface area contributed by atoms with Gasteiger partial charge < -0.3 is 21.3 Å². The lowest BCUT2D eigenvalue weighted by Gasteiger charge is -2.22. The summed E-state index contributed by atoms with van der Waals surface area (Å²) in [6.45, 7) is 6.63. The molecule has 0 saturated heterocycles. The molecule has 1 aromatic rings. The third-order valence-corrected chi connectivity index (χ3v) is 2.79. The van der Waals surface area contributed by atoms with E-state index < -0.39 is 0 Å². The van der Waals surface area contributed by atoms with Gasteiger partial charge in [0.05, 0.1) is 0 Å². The highest BCUT2D eigenvalue weighted by Crippen LogP contribution is 2.31. The third kappa shape index (κ3) is 6.46. The fourth-order valence-electron chi connectivity index (χ4n) is 1.91. The summed E-state index contributed by atoms with van der Waals surface area (Å²) in [7, 11) is 0. The Balaban J connectivity index is 0.00000361. The van der Waals surface area contributed by atoms with Gasteiger partial charge in [0.2, 0.25) is 0 Å². The Labute approximate surface area is 127 Å². The van der Waals surface area contributed by atoms with Crippen molar-refractivity contribution in [2.75, 3.05) is 6.54 Å². The van der Waals surface area contributed by atoms with E-state index in [1.807, 2.05) is 26.8 Å². The van der Waals surface area contributed by atoms with E-state index in [9.17, 15) is 5.11 Å². The first-order valence-corrected chi connectivity index (χ1v) is 6.81. The largest absolute Gasteiger partial charge is 0.508 e. The summed E-state index contributed by atoms with van der Waals surface area (Å²) < 4.78 is 5.79. The Bertz CT molecular complexity index is 405. The number of phenolic OH excluding ortho intramolecular Hbond substituents is 1. The maximum atomic E-state index is 9.90. The van der Waals surface area contributed by atoms with E-state index in [1.54, 1.807) is 12.1 Å². The minimum atomic E-state index is -0.266. The van der Waals surface area contributed by atoms with Crippen LogP contribution in [-0.2, 0) is 0 Å². The van der Waals surface area contributed by atoms with Crippen molar-refractivity contribution < 1.29 is 9.84 Å². The maximum Gasteiger partial charge on any atom is 0.120 e. The van der Waals surface area contributed by atoms with Crippen LogP contribution >= 0.6 is 12.4 Å². The number of halogens is 1. The van der Waals surface area contributed by atoms with Crippen molar-refractivity contribution >= 4 is 12.4 Å². The SMILES string of the molecule is CC(C)(C)Oc1ccc(O)c([C@@H](N)CCCCN)c1.Cl. The molecule has 0 aromatic heterocycles. The molecule has 0 saturated carbocycles. The predicted octanol–water partition coefficient (Wildman–Crippen LogP) is 3.12. The number of nitrogens with two attached hydrogens (primary N) is 2. The van der Waals surface area contributed by atoms with Gasteiger partial charge in [0, 0.05) is 11.6 Å². The first-order valence-electron chi connectivity index (χ1n) is 6.81. The summed E-state index contributed by atoms with van der Waals surface area (Å²) in [5.74, 6) is 0.955. The Hall–Kier alpha value is -0.970. The number of hydrogen-bond acceptors (Lipinski definition) is 4. The van der Waals surface area contributed by atoms with Gasteiger partial charge in [-0.05, 0) is 58.4 Å². The van der Waals surface area contributed by atoms with Gasteiger partial charge in [-0.3, -0.25) is 0 Å². The molecule has 0 radical (unpaired) electrons. The summed E-state index contributed by atoms with van der Waals surface area (Å²) in [5.41, 5.74) is 12.0. The summed E-state index contributed by atoms with van der Waals surface area (Å²) in [6.07, 6.45) is 2.72. The molecule has 116 valence electrons. The molecule has 5 heteroatoms. The molecule has 0 amide bonds. The number of rotatable bonds is 6. The molecule has 1 rings (SSSR count). The van der Waals surface area contributed by atoms with Crippen LogP contribution in [0.25, 0.3) is 0 Å². The fourth-order valence-corrected chi connectivity index (χ4v) is 1.91. The van der Waals surface area contributed by atoms with E-state index in [4.69, 9.17) is 16.2 Å². The van der Waals surface area contributed by atoms with Crippen LogP contribution in [0.5, 0.6) is 11.5 Å². The van der Waals surface area contributed by atoms with E-state index in [-0.39, 0.29) is 29.8 Å². The molecule has 1 atom stereocenters. The molecule has 0 aliphatic heterocycles. The molecule has 20 heavy (non-hydrogen) atoms. The normalized spacial score (nSPS) is 12.7. The minimum absolute atomic E-state index is 0. The third-order valence-electron chi connectivity index (χ3n) is 2.79. The van der Waals surface area contributed by atoms with E-state index >= 15 is 0 Å². The Morgan fingerprint density at radius 3 is 2.45 bits per heavy atom. The molecule has 1 aromatic carbocycles. The van der Waals surface area contributed by atoms with Crippen LogP contribution in [0.2, 0.25) is 0 Å². The van der Waals surface area contributed by atoms with Crippen LogP contribution < -0.4 is 16.2 Å². The zero-order chi connectivity index (χ0) is 14.5. The van der Waals surface area contributed by atoms with Crippen molar-refractivity contribution in [1.29, 1.82) is 0 Å². The van der Waals surface area contributed by atoms with Crippen molar-refractivity contribution in [3.63, 3.8) is 0 Å². The van der Waals surface area contributed by atoms with Crippen molar-refractivity contribution in [1.82, 2.24) is 0 Å². The van der Waals surface area contributed by atoms with Crippen LogP contribution in [0, 0.1) is 0 Å². The number of aromatic hydroxyl groups is 1. The van der Waals surface area contributed by atoms with Crippen LogP contribution in [0.3, 0.4) is 0 Å². The van der Waals surface area contributed by atoms with Crippen molar-refractivity contribution in [2.45, 2.75) is 51.7 Å². The van der Waals surface area contributed by atoms with E-state index in [1.165, 1.54) is 0 Å². The lowest BCUT2D eigenvalue weighted by molar-refractivity contribution is 0.130. The molecule has 0 fully saturated rings. The molecule has 5 N–H and O–H groups in total. The van der Waals surface area contributed by atoms with Crippen LogP contribution in [-0.4, -0.2) is 17.3 Å². The standard InChI is InChI=1S/C15H26N2O2.ClH/c1-15(2,3)19-11-7-8-14(18)12(10-11)13(17)6-4-5-9-16;/h7-8,10,13,18H,4-6,9,16-17H2,1-3H3;1H/t13-;/m0./s1. The highest BCUT2D eigenvalue weighted by atomic mass is 35.5. The molecule has 0 heterocycles. The molecule has 0 bridgehead atoms. The quantitative estimate of drug-likeness (QED) is 0.705. The van der Waals surface area contributed by atoms with Gasteiger partial charge in [-0.25, -0.2) is 0 Å². The van der Waals surface area contributed by atoms with Gasteiger partial charge in [0.1, 0.15) is 17.1 Å².